The van der Waals surface area contributed by atoms with Crippen molar-refractivity contribution in [3.05, 3.63) is 18.0 Å². The molecule has 0 fully saturated rings. The van der Waals surface area contributed by atoms with Gasteiger partial charge in [0.2, 0.25) is 10.0 Å². The molecule has 5 nitrogen and oxygen atoms in total. The molecule has 0 bridgehead atoms. The molecule has 0 aromatic carbocycles. The Labute approximate surface area is 122 Å². The molecule has 0 aliphatic heterocycles. The summed E-state index contributed by atoms with van der Waals surface area (Å²) >= 11 is 0. The summed E-state index contributed by atoms with van der Waals surface area (Å²) in [4.78, 5) is 3.31. The number of aromatic nitrogens is 1. The quantitative estimate of drug-likeness (QED) is 0.612. The highest BCUT2D eigenvalue weighted by Crippen LogP contribution is 2.13. The third-order valence-electron chi connectivity index (χ3n) is 2.95. The predicted molar refractivity (Wildman–Crippen MR) is 82.0 cm³/mol. The van der Waals surface area contributed by atoms with Crippen LogP contribution >= 0.6 is 0 Å². The summed E-state index contributed by atoms with van der Waals surface area (Å²) in [5, 5.41) is 3.24. The van der Waals surface area contributed by atoms with E-state index in [1.165, 1.54) is 0 Å². The minimum Gasteiger partial charge on any atom is -0.363 e. The van der Waals surface area contributed by atoms with Gasteiger partial charge in [0.05, 0.1) is 4.90 Å². The summed E-state index contributed by atoms with van der Waals surface area (Å²) in [5.41, 5.74) is 0.885. The van der Waals surface area contributed by atoms with Crippen molar-refractivity contribution in [1.29, 1.82) is 0 Å². The van der Waals surface area contributed by atoms with Gasteiger partial charge in [-0.25, -0.2) is 13.1 Å². The summed E-state index contributed by atoms with van der Waals surface area (Å²) in [6.45, 7) is 9.73. The second-order valence-electron chi connectivity index (χ2n) is 5.69. The van der Waals surface area contributed by atoms with E-state index in [0.717, 1.165) is 25.1 Å². The van der Waals surface area contributed by atoms with Crippen LogP contribution in [0, 0.1) is 5.92 Å². The van der Waals surface area contributed by atoms with Gasteiger partial charge in [0.1, 0.15) is 0 Å². The van der Waals surface area contributed by atoms with E-state index in [1.54, 1.807) is 12.3 Å². The van der Waals surface area contributed by atoms with Crippen molar-refractivity contribution in [2.24, 2.45) is 5.92 Å². The fourth-order valence-corrected chi connectivity index (χ4v) is 3.44. The summed E-state index contributed by atoms with van der Waals surface area (Å²) in [6.07, 6.45) is 3.43. The summed E-state index contributed by atoms with van der Waals surface area (Å²) in [6, 6.07) is 1.63. The molecule has 1 rings (SSSR count). The SMILES string of the molecule is CCCNCc1cc(S(=O)(=O)NC(C)CC(C)C)c[nH]1. The second-order valence-corrected chi connectivity index (χ2v) is 7.40. The van der Waals surface area contributed by atoms with Crippen molar-refractivity contribution in [2.45, 2.75) is 58.0 Å². The van der Waals surface area contributed by atoms with Crippen LogP contribution in [-0.2, 0) is 16.6 Å². The first-order valence-electron chi connectivity index (χ1n) is 7.25. The van der Waals surface area contributed by atoms with E-state index in [9.17, 15) is 8.42 Å². The van der Waals surface area contributed by atoms with Gasteiger partial charge in [0, 0.05) is 24.5 Å². The van der Waals surface area contributed by atoms with Crippen molar-refractivity contribution >= 4 is 10.0 Å². The van der Waals surface area contributed by atoms with Crippen LogP contribution in [0.2, 0.25) is 0 Å². The zero-order valence-electron chi connectivity index (χ0n) is 12.9. The number of hydrogen-bond acceptors (Lipinski definition) is 3. The van der Waals surface area contributed by atoms with Gasteiger partial charge in [-0.2, -0.15) is 0 Å². The van der Waals surface area contributed by atoms with Crippen LogP contribution in [0.4, 0.5) is 0 Å². The van der Waals surface area contributed by atoms with E-state index < -0.39 is 10.0 Å². The third-order valence-corrected chi connectivity index (χ3v) is 4.52. The first-order chi connectivity index (χ1) is 9.35. The number of hydrogen-bond donors (Lipinski definition) is 3. The Morgan fingerprint density at radius 2 is 2.00 bits per heavy atom. The molecule has 1 unspecified atom stereocenters. The highest BCUT2D eigenvalue weighted by atomic mass is 32.2. The maximum atomic E-state index is 12.2. The van der Waals surface area contributed by atoms with Crippen molar-refractivity contribution in [3.63, 3.8) is 0 Å². The Balaban J connectivity index is 2.63. The zero-order chi connectivity index (χ0) is 15.2. The van der Waals surface area contributed by atoms with E-state index in [4.69, 9.17) is 0 Å². The lowest BCUT2D eigenvalue weighted by Crippen LogP contribution is -2.33. The van der Waals surface area contributed by atoms with E-state index in [-0.39, 0.29) is 6.04 Å². The van der Waals surface area contributed by atoms with Crippen LogP contribution in [0.5, 0.6) is 0 Å². The average Bonchev–Trinajstić information content (AvgIpc) is 2.76. The topological polar surface area (TPSA) is 74.0 Å². The number of H-pyrrole nitrogens is 1. The van der Waals surface area contributed by atoms with Crippen molar-refractivity contribution in [3.8, 4) is 0 Å². The second kappa shape index (κ2) is 7.81. The Hall–Kier alpha value is -0.850. The Kier molecular flexibility index (Phi) is 6.71. The largest absolute Gasteiger partial charge is 0.363 e. The molecular formula is C14H27N3O2S. The molecule has 0 saturated heterocycles. The first-order valence-corrected chi connectivity index (χ1v) is 8.73. The average molecular weight is 301 g/mol. The van der Waals surface area contributed by atoms with Gasteiger partial charge in [-0.1, -0.05) is 20.8 Å². The molecule has 1 aromatic rings. The van der Waals surface area contributed by atoms with E-state index >= 15 is 0 Å². The summed E-state index contributed by atoms with van der Waals surface area (Å²) in [7, 11) is -3.42. The van der Waals surface area contributed by atoms with Crippen molar-refractivity contribution in [1.82, 2.24) is 15.0 Å². The number of rotatable bonds is 9. The standard InChI is InChI=1S/C14H27N3O2S/c1-5-6-15-9-13-8-14(10-16-13)20(18,19)17-12(4)7-11(2)3/h8,10-12,15-17H,5-7,9H2,1-4H3. The molecule has 6 heteroatoms. The summed E-state index contributed by atoms with van der Waals surface area (Å²) < 4.78 is 27.1. The monoisotopic (exact) mass is 301 g/mol. The van der Waals surface area contributed by atoms with Crippen LogP contribution in [-0.4, -0.2) is 26.0 Å². The molecule has 0 spiro atoms. The van der Waals surface area contributed by atoms with Gasteiger partial charge in [0.25, 0.3) is 0 Å². The Bertz CT molecular complexity index is 494. The molecule has 0 aliphatic carbocycles. The molecule has 1 atom stereocenters. The molecule has 20 heavy (non-hydrogen) atoms. The first kappa shape index (κ1) is 17.2. The van der Waals surface area contributed by atoms with Crippen molar-refractivity contribution < 1.29 is 8.42 Å². The maximum absolute atomic E-state index is 12.2. The molecule has 116 valence electrons. The lowest BCUT2D eigenvalue weighted by Gasteiger charge is -2.15. The van der Waals surface area contributed by atoms with Gasteiger partial charge < -0.3 is 10.3 Å². The fraction of sp³-hybridized carbons (Fsp3) is 0.714. The molecular weight excluding hydrogens is 274 g/mol. The summed E-state index contributed by atoms with van der Waals surface area (Å²) in [5.74, 6) is 0.465. The third kappa shape index (κ3) is 5.64. The fourth-order valence-electron chi connectivity index (χ4n) is 2.16. The molecule has 0 aliphatic rings. The predicted octanol–water partition coefficient (Wildman–Crippen LogP) is 2.23. The maximum Gasteiger partial charge on any atom is 0.242 e. The van der Waals surface area contributed by atoms with Gasteiger partial charge in [0.15, 0.2) is 0 Å². The molecule has 1 heterocycles. The van der Waals surface area contributed by atoms with Crippen LogP contribution in [0.1, 0.15) is 46.2 Å². The lowest BCUT2D eigenvalue weighted by molar-refractivity contribution is 0.482. The Morgan fingerprint density at radius 1 is 1.30 bits per heavy atom. The highest BCUT2D eigenvalue weighted by molar-refractivity contribution is 7.89. The van der Waals surface area contributed by atoms with E-state index in [0.29, 0.717) is 17.4 Å². The van der Waals surface area contributed by atoms with Crippen LogP contribution < -0.4 is 10.0 Å². The number of nitrogens with one attached hydrogen (secondary N) is 3. The molecule has 3 N–H and O–H groups in total. The molecule has 0 amide bonds. The van der Waals surface area contributed by atoms with E-state index in [2.05, 4.69) is 35.8 Å². The van der Waals surface area contributed by atoms with E-state index in [1.807, 2.05) is 6.92 Å². The van der Waals surface area contributed by atoms with Gasteiger partial charge in [-0.15, -0.1) is 0 Å². The Morgan fingerprint density at radius 3 is 2.60 bits per heavy atom. The van der Waals surface area contributed by atoms with Crippen molar-refractivity contribution in [2.75, 3.05) is 6.54 Å². The lowest BCUT2D eigenvalue weighted by atomic mass is 10.1. The zero-order valence-corrected chi connectivity index (χ0v) is 13.7. The molecule has 1 aromatic heterocycles. The highest BCUT2D eigenvalue weighted by Gasteiger charge is 2.19. The smallest absolute Gasteiger partial charge is 0.242 e. The van der Waals surface area contributed by atoms with Gasteiger partial charge in [-0.3, -0.25) is 0 Å². The van der Waals surface area contributed by atoms with Gasteiger partial charge in [-0.05, 0) is 38.3 Å². The minimum atomic E-state index is -3.42. The van der Waals surface area contributed by atoms with Gasteiger partial charge >= 0.3 is 0 Å². The molecule has 0 saturated carbocycles. The number of sulfonamides is 1. The normalized spacial score (nSPS) is 13.8. The van der Waals surface area contributed by atoms with Crippen LogP contribution in [0.15, 0.2) is 17.2 Å². The molecule has 0 radical (unpaired) electrons. The minimum absolute atomic E-state index is 0.0587. The van der Waals surface area contributed by atoms with Crippen LogP contribution in [0.25, 0.3) is 0 Å². The number of aromatic amines is 1. The van der Waals surface area contributed by atoms with Crippen LogP contribution in [0.3, 0.4) is 0 Å².